The molecular weight excluding hydrogens is 390 g/mol. The third kappa shape index (κ3) is 3.84. The Morgan fingerprint density at radius 3 is 2.38 bits per heavy atom. The van der Waals surface area contributed by atoms with E-state index in [-0.39, 0.29) is 17.6 Å². The van der Waals surface area contributed by atoms with Crippen molar-refractivity contribution in [1.82, 2.24) is 24.0 Å². The third-order valence-electron chi connectivity index (χ3n) is 6.05. The molecule has 3 heterocycles. The van der Waals surface area contributed by atoms with Crippen molar-refractivity contribution in [3.8, 4) is 0 Å². The summed E-state index contributed by atoms with van der Waals surface area (Å²) >= 11 is 1.29. The molecule has 0 spiro atoms. The SMILES string of the molecule is Cn1c(=O)c2c(SCC(=O)N3CCCC3)nc(C3CCCCC3)nc2n(C)c1=O. The number of aromatic nitrogens is 4. The molecule has 2 fully saturated rings. The summed E-state index contributed by atoms with van der Waals surface area (Å²) in [4.78, 5) is 49.1. The van der Waals surface area contributed by atoms with Gasteiger partial charge in [-0.05, 0) is 25.7 Å². The first kappa shape index (κ1) is 20.1. The van der Waals surface area contributed by atoms with Crippen LogP contribution in [0.15, 0.2) is 14.6 Å². The van der Waals surface area contributed by atoms with E-state index < -0.39 is 11.2 Å². The van der Waals surface area contributed by atoms with Gasteiger partial charge in [-0.2, -0.15) is 0 Å². The predicted octanol–water partition coefficient (Wildman–Crippen LogP) is 1.79. The van der Waals surface area contributed by atoms with Crippen LogP contribution in [-0.2, 0) is 18.9 Å². The van der Waals surface area contributed by atoms with E-state index in [0.717, 1.165) is 56.2 Å². The van der Waals surface area contributed by atoms with Gasteiger partial charge in [-0.15, -0.1) is 0 Å². The van der Waals surface area contributed by atoms with Crippen LogP contribution in [0.5, 0.6) is 0 Å². The van der Waals surface area contributed by atoms with Gasteiger partial charge in [0.15, 0.2) is 5.65 Å². The fourth-order valence-corrected chi connectivity index (χ4v) is 5.20. The maximum Gasteiger partial charge on any atom is 0.332 e. The lowest BCUT2D eigenvalue weighted by molar-refractivity contribution is -0.127. The number of nitrogens with zero attached hydrogens (tertiary/aromatic N) is 5. The highest BCUT2D eigenvalue weighted by Crippen LogP contribution is 2.33. The lowest BCUT2D eigenvalue weighted by atomic mass is 9.89. The Morgan fingerprint density at radius 2 is 1.69 bits per heavy atom. The molecule has 0 bridgehead atoms. The van der Waals surface area contributed by atoms with Gasteiger partial charge in [0.1, 0.15) is 16.2 Å². The molecule has 0 radical (unpaired) electrons. The van der Waals surface area contributed by atoms with E-state index in [1.54, 1.807) is 7.05 Å². The highest BCUT2D eigenvalue weighted by molar-refractivity contribution is 8.00. The highest BCUT2D eigenvalue weighted by Gasteiger charge is 2.24. The number of aryl methyl sites for hydroxylation is 1. The Balaban J connectivity index is 1.77. The summed E-state index contributed by atoms with van der Waals surface area (Å²) in [6.07, 6.45) is 7.61. The van der Waals surface area contributed by atoms with Gasteiger partial charge >= 0.3 is 5.69 Å². The number of hydrogen-bond acceptors (Lipinski definition) is 6. The summed E-state index contributed by atoms with van der Waals surface area (Å²) < 4.78 is 2.50. The van der Waals surface area contributed by atoms with Gasteiger partial charge < -0.3 is 4.90 Å². The minimum Gasteiger partial charge on any atom is -0.342 e. The number of hydrogen-bond donors (Lipinski definition) is 0. The number of fused-ring (bicyclic) bond motifs is 1. The van der Waals surface area contributed by atoms with Crippen molar-refractivity contribution in [2.24, 2.45) is 14.1 Å². The summed E-state index contributed by atoms with van der Waals surface area (Å²) in [5.74, 6) is 1.24. The van der Waals surface area contributed by atoms with Gasteiger partial charge in [0.2, 0.25) is 5.91 Å². The first-order valence-electron chi connectivity index (χ1n) is 10.4. The predicted molar refractivity (Wildman–Crippen MR) is 112 cm³/mol. The molecule has 1 saturated heterocycles. The van der Waals surface area contributed by atoms with E-state index in [4.69, 9.17) is 4.98 Å². The second kappa shape index (κ2) is 8.30. The molecule has 1 amide bonds. The van der Waals surface area contributed by atoms with Crippen LogP contribution in [-0.4, -0.2) is 48.8 Å². The zero-order valence-electron chi connectivity index (χ0n) is 17.0. The number of carbonyl (C=O) groups is 1. The lowest BCUT2D eigenvalue weighted by Gasteiger charge is -2.21. The van der Waals surface area contributed by atoms with Crippen LogP contribution >= 0.6 is 11.8 Å². The molecule has 2 aliphatic rings. The molecular formula is C20H27N5O3S. The van der Waals surface area contributed by atoms with Gasteiger partial charge in [-0.1, -0.05) is 31.0 Å². The Labute approximate surface area is 173 Å². The molecule has 0 unspecified atom stereocenters. The van der Waals surface area contributed by atoms with Gasteiger partial charge in [0.25, 0.3) is 5.56 Å². The van der Waals surface area contributed by atoms with Crippen molar-refractivity contribution in [2.75, 3.05) is 18.8 Å². The standard InChI is InChI=1S/C20H27N5O3S/c1-23-17-15(19(27)24(2)20(23)28)18(29-12-14(26)25-10-6-7-11-25)22-16(21-17)13-8-4-3-5-9-13/h13H,3-12H2,1-2H3. The zero-order chi connectivity index (χ0) is 20.5. The molecule has 29 heavy (non-hydrogen) atoms. The summed E-state index contributed by atoms with van der Waals surface area (Å²) in [6, 6.07) is 0. The summed E-state index contributed by atoms with van der Waals surface area (Å²) in [5.41, 5.74) is -0.445. The van der Waals surface area contributed by atoms with Crippen molar-refractivity contribution >= 4 is 28.7 Å². The average molecular weight is 418 g/mol. The fourth-order valence-electron chi connectivity index (χ4n) is 4.28. The summed E-state index contributed by atoms with van der Waals surface area (Å²) in [7, 11) is 3.09. The molecule has 1 saturated carbocycles. The van der Waals surface area contributed by atoms with Crippen LogP contribution in [0.2, 0.25) is 0 Å². The summed E-state index contributed by atoms with van der Waals surface area (Å²) in [5, 5.41) is 0.840. The second-order valence-electron chi connectivity index (χ2n) is 8.00. The van der Waals surface area contributed by atoms with Gasteiger partial charge in [-0.3, -0.25) is 18.7 Å². The molecule has 2 aromatic heterocycles. The maximum atomic E-state index is 12.9. The molecule has 0 N–H and O–H groups in total. The molecule has 2 aromatic rings. The van der Waals surface area contributed by atoms with E-state index in [9.17, 15) is 14.4 Å². The van der Waals surface area contributed by atoms with E-state index in [0.29, 0.717) is 21.9 Å². The fraction of sp³-hybridized carbons (Fsp3) is 0.650. The Hall–Kier alpha value is -2.16. The lowest BCUT2D eigenvalue weighted by Crippen LogP contribution is -2.38. The number of carbonyl (C=O) groups excluding carboxylic acids is 1. The smallest absolute Gasteiger partial charge is 0.332 e. The van der Waals surface area contributed by atoms with E-state index in [2.05, 4.69) is 4.98 Å². The largest absolute Gasteiger partial charge is 0.342 e. The van der Waals surface area contributed by atoms with E-state index in [1.807, 2.05) is 4.90 Å². The van der Waals surface area contributed by atoms with Crippen molar-refractivity contribution in [2.45, 2.75) is 55.9 Å². The topological polar surface area (TPSA) is 90.1 Å². The Morgan fingerprint density at radius 1 is 1.00 bits per heavy atom. The second-order valence-corrected chi connectivity index (χ2v) is 8.97. The Bertz CT molecular complexity index is 1050. The first-order chi connectivity index (χ1) is 14.0. The number of likely N-dealkylation sites (tertiary alicyclic amines) is 1. The van der Waals surface area contributed by atoms with Gasteiger partial charge in [0, 0.05) is 33.1 Å². The molecule has 4 rings (SSSR count). The van der Waals surface area contributed by atoms with Crippen LogP contribution in [0.4, 0.5) is 0 Å². The van der Waals surface area contributed by atoms with E-state index >= 15 is 0 Å². The zero-order valence-corrected chi connectivity index (χ0v) is 17.8. The van der Waals surface area contributed by atoms with Crippen LogP contribution in [0.1, 0.15) is 56.7 Å². The van der Waals surface area contributed by atoms with Crippen molar-refractivity contribution in [3.05, 3.63) is 26.7 Å². The minimum atomic E-state index is -0.408. The molecule has 0 aromatic carbocycles. The molecule has 1 aliphatic heterocycles. The normalized spacial score (nSPS) is 17.9. The number of thioether (sulfide) groups is 1. The quantitative estimate of drug-likeness (QED) is 0.557. The van der Waals surface area contributed by atoms with Crippen LogP contribution in [0, 0.1) is 0 Å². The summed E-state index contributed by atoms with van der Waals surface area (Å²) in [6.45, 7) is 1.60. The molecule has 8 nitrogen and oxygen atoms in total. The third-order valence-corrected chi connectivity index (χ3v) is 7.01. The number of amides is 1. The van der Waals surface area contributed by atoms with Crippen LogP contribution in [0.3, 0.4) is 0 Å². The average Bonchev–Trinajstić information content (AvgIpc) is 3.29. The van der Waals surface area contributed by atoms with E-state index in [1.165, 1.54) is 29.8 Å². The van der Waals surface area contributed by atoms with Gasteiger partial charge in [-0.25, -0.2) is 14.8 Å². The van der Waals surface area contributed by atoms with Crippen molar-refractivity contribution in [3.63, 3.8) is 0 Å². The Kier molecular flexibility index (Phi) is 5.76. The maximum absolute atomic E-state index is 12.9. The van der Waals surface area contributed by atoms with Crippen LogP contribution < -0.4 is 11.2 Å². The molecule has 9 heteroatoms. The van der Waals surface area contributed by atoms with Crippen molar-refractivity contribution in [1.29, 1.82) is 0 Å². The first-order valence-corrected chi connectivity index (χ1v) is 11.3. The molecule has 0 atom stereocenters. The molecule has 156 valence electrons. The van der Waals surface area contributed by atoms with Crippen molar-refractivity contribution < 1.29 is 4.79 Å². The van der Waals surface area contributed by atoms with Gasteiger partial charge in [0.05, 0.1) is 5.75 Å². The highest BCUT2D eigenvalue weighted by atomic mass is 32.2. The monoisotopic (exact) mass is 417 g/mol. The molecule has 1 aliphatic carbocycles. The van der Waals surface area contributed by atoms with Crippen LogP contribution in [0.25, 0.3) is 11.0 Å². The minimum absolute atomic E-state index is 0.0696. The number of rotatable bonds is 4.